The Morgan fingerprint density at radius 3 is 2.44 bits per heavy atom. The number of hydrogen-bond donors (Lipinski definition) is 2. The van der Waals surface area contributed by atoms with E-state index in [2.05, 4.69) is 53.7 Å². The molecular formula is C19H22N4S2. The van der Waals surface area contributed by atoms with E-state index in [1.807, 2.05) is 18.2 Å². The Hall–Kier alpha value is -2.18. The van der Waals surface area contributed by atoms with Crippen molar-refractivity contribution in [2.45, 2.75) is 26.9 Å². The Kier molecular flexibility index (Phi) is 5.83. The van der Waals surface area contributed by atoms with Crippen LogP contribution in [0.25, 0.3) is 10.6 Å². The maximum Gasteiger partial charge on any atom is 0.191 e. The third-order valence-electron chi connectivity index (χ3n) is 3.78. The molecule has 6 heteroatoms. The Labute approximate surface area is 156 Å². The van der Waals surface area contributed by atoms with E-state index in [1.165, 1.54) is 14.6 Å². The van der Waals surface area contributed by atoms with Crippen LogP contribution in [-0.2, 0) is 13.1 Å². The summed E-state index contributed by atoms with van der Waals surface area (Å²) in [6.07, 6.45) is 0. The Balaban J connectivity index is 1.59. The van der Waals surface area contributed by atoms with Crippen molar-refractivity contribution in [1.29, 1.82) is 0 Å². The molecule has 130 valence electrons. The van der Waals surface area contributed by atoms with Crippen molar-refractivity contribution in [2.24, 2.45) is 4.99 Å². The normalized spacial score (nSPS) is 11.6. The number of rotatable bonds is 5. The molecule has 0 atom stereocenters. The minimum Gasteiger partial charge on any atom is -0.352 e. The molecule has 2 N–H and O–H groups in total. The highest BCUT2D eigenvalue weighted by Gasteiger charge is 2.10. The number of benzene rings is 1. The zero-order valence-electron chi connectivity index (χ0n) is 14.7. The van der Waals surface area contributed by atoms with Crippen LogP contribution in [-0.4, -0.2) is 18.0 Å². The summed E-state index contributed by atoms with van der Waals surface area (Å²) in [6, 6.07) is 14.6. The van der Waals surface area contributed by atoms with Crippen LogP contribution < -0.4 is 10.6 Å². The van der Waals surface area contributed by atoms with Crippen molar-refractivity contribution in [3.8, 4) is 10.6 Å². The van der Waals surface area contributed by atoms with Crippen molar-refractivity contribution in [3.05, 3.63) is 62.8 Å². The highest BCUT2D eigenvalue weighted by molar-refractivity contribution is 7.15. The molecule has 2 heterocycles. The monoisotopic (exact) mass is 370 g/mol. The summed E-state index contributed by atoms with van der Waals surface area (Å²) < 4.78 is 0. The summed E-state index contributed by atoms with van der Waals surface area (Å²) in [5.41, 5.74) is 2.23. The van der Waals surface area contributed by atoms with Gasteiger partial charge < -0.3 is 10.6 Å². The van der Waals surface area contributed by atoms with Crippen LogP contribution in [0.2, 0.25) is 0 Å². The first kappa shape index (κ1) is 17.6. The topological polar surface area (TPSA) is 49.3 Å². The van der Waals surface area contributed by atoms with Gasteiger partial charge in [-0.05, 0) is 26.0 Å². The molecule has 0 amide bonds. The van der Waals surface area contributed by atoms with E-state index in [0.717, 1.165) is 35.3 Å². The van der Waals surface area contributed by atoms with Crippen LogP contribution in [0.5, 0.6) is 0 Å². The average Bonchev–Trinajstić information content (AvgIpc) is 3.21. The predicted octanol–water partition coefficient (Wildman–Crippen LogP) is 4.35. The minimum absolute atomic E-state index is 0.722. The quantitative estimate of drug-likeness (QED) is 0.518. The van der Waals surface area contributed by atoms with Gasteiger partial charge in [0.25, 0.3) is 0 Å². The third-order valence-corrected chi connectivity index (χ3v) is 5.99. The Morgan fingerprint density at radius 1 is 1.00 bits per heavy atom. The zero-order chi connectivity index (χ0) is 17.6. The molecule has 0 saturated carbocycles. The van der Waals surface area contributed by atoms with Gasteiger partial charge >= 0.3 is 0 Å². The second-order valence-corrected chi connectivity index (χ2v) is 8.14. The fourth-order valence-electron chi connectivity index (χ4n) is 2.43. The van der Waals surface area contributed by atoms with E-state index in [1.54, 1.807) is 29.7 Å². The predicted molar refractivity (Wildman–Crippen MR) is 108 cm³/mol. The van der Waals surface area contributed by atoms with Gasteiger partial charge in [-0.1, -0.05) is 30.3 Å². The van der Waals surface area contributed by atoms with Gasteiger partial charge in [0, 0.05) is 27.2 Å². The van der Waals surface area contributed by atoms with Crippen LogP contribution >= 0.6 is 22.7 Å². The number of thiophene rings is 1. The fraction of sp³-hybridized carbons (Fsp3) is 0.263. The number of aromatic nitrogens is 1. The van der Waals surface area contributed by atoms with Crippen molar-refractivity contribution < 1.29 is 0 Å². The number of aliphatic imine (C=N–C) groups is 1. The highest BCUT2D eigenvalue weighted by Crippen LogP contribution is 2.27. The molecule has 0 saturated heterocycles. The fourth-order valence-corrected chi connectivity index (χ4v) is 4.27. The minimum atomic E-state index is 0.722. The lowest BCUT2D eigenvalue weighted by Gasteiger charge is -2.10. The molecule has 0 aliphatic rings. The SMILES string of the molecule is CN=C(NCc1ccc(C)s1)NCc1sc(-c2ccccc2)nc1C. The lowest BCUT2D eigenvalue weighted by molar-refractivity contribution is 0.818. The molecule has 0 spiro atoms. The van der Waals surface area contributed by atoms with Crippen LogP contribution in [0.15, 0.2) is 47.5 Å². The van der Waals surface area contributed by atoms with E-state index in [9.17, 15) is 0 Å². The number of guanidine groups is 1. The maximum absolute atomic E-state index is 4.70. The van der Waals surface area contributed by atoms with E-state index in [-0.39, 0.29) is 0 Å². The van der Waals surface area contributed by atoms with Crippen molar-refractivity contribution >= 4 is 28.6 Å². The first-order valence-corrected chi connectivity index (χ1v) is 9.80. The van der Waals surface area contributed by atoms with E-state index in [0.29, 0.717) is 0 Å². The van der Waals surface area contributed by atoms with E-state index in [4.69, 9.17) is 4.98 Å². The number of nitrogens with one attached hydrogen (secondary N) is 2. The van der Waals surface area contributed by atoms with E-state index < -0.39 is 0 Å². The summed E-state index contributed by atoms with van der Waals surface area (Å²) in [6.45, 7) is 5.69. The number of nitrogens with zero attached hydrogens (tertiary/aromatic N) is 2. The van der Waals surface area contributed by atoms with Crippen molar-refractivity contribution in [1.82, 2.24) is 15.6 Å². The van der Waals surface area contributed by atoms with Gasteiger partial charge in [0.2, 0.25) is 0 Å². The van der Waals surface area contributed by atoms with Gasteiger partial charge in [-0.15, -0.1) is 22.7 Å². The van der Waals surface area contributed by atoms with Gasteiger partial charge in [-0.25, -0.2) is 4.98 Å². The van der Waals surface area contributed by atoms with Gasteiger partial charge in [0.15, 0.2) is 5.96 Å². The summed E-state index contributed by atoms with van der Waals surface area (Å²) in [5.74, 6) is 0.806. The van der Waals surface area contributed by atoms with Gasteiger partial charge in [-0.2, -0.15) is 0 Å². The second-order valence-electron chi connectivity index (χ2n) is 5.69. The van der Waals surface area contributed by atoms with E-state index >= 15 is 0 Å². The molecule has 0 aliphatic heterocycles. The molecule has 2 aromatic heterocycles. The van der Waals surface area contributed by atoms with Crippen LogP contribution in [0, 0.1) is 13.8 Å². The summed E-state index contributed by atoms with van der Waals surface area (Å²) in [4.78, 5) is 12.9. The molecule has 1 aromatic carbocycles. The molecule has 0 radical (unpaired) electrons. The number of hydrogen-bond acceptors (Lipinski definition) is 4. The maximum atomic E-state index is 4.70. The Morgan fingerprint density at radius 2 is 1.76 bits per heavy atom. The summed E-state index contributed by atoms with van der Waals surface area (Å²) in [7, 11) is 1.80. The molecular weight excluding hydrogens is 348 g/mol. The van der Waals surface area contributed by atoms with Crippen LogP contribution in [0.3, 0.4) is 0 Å². The molecule has 3 rings (SSSR count). The lowest BCUT2D eigenvalue weighted by atomic mass is 10.2. The lowest BCUT2D eigenvalue weighted by Crippen LogP contribution is -2.36. The first-order chi connectivity index (χ1) is 12.2. The van der Waals surface area contributed by atoms with Crippen LogP contribution in [0.4, 0.5) is 0 Å². The molecule has 4 nitrogen and oxygen atoms in total. The smallest absolute Gasteiger partial charge is 0.191 e. The third kappa shape index (κ3) is 4.67. The summed E-state index contributed by atoms with van der Waals surface area (Å²) in [5, 5.41) is 7.81. The van der Waals surface area contributed by atoms with Crippen molar-refractivity contribution in [3.63, 3.8) is 0 Å². The largest absolute Gasteiger partial charge is 0.352 e. The molecule has 0 fully saturated rings. The number of thiazole rings is 1. The van der Waals surface area contributed by atoms with Crippen LogP contribution in [0.1, 0.15) is 20.3 Å². The van der Waals surface area contributed by atoms with Crippen molar-refractivity contribution in [2.75, 3.05) is 7.05 Å². The molecule has 3 aromatic rings. The summed E-state index contributed by atoms with van der Waals surface area (Å²) >= 11 is 3.53. The molecule has 25 heavy (non-hydrogen) atoms. The van der Waals surface area contributed by atoms with Gasteiger partial charge in [-0.3, -0.25) is 4.99 Å². The standard InChI is InChI=1S/C19H22N4S2/c1-13-9-10-16(24-13)11-21-19(20-3)22-12-17-14(2)23-18(25-17)15-7-5-4-6-8-15/h4-10H,11-12H2,1-3H3,(H2,20,21,22). The highest BCUT2D eigenvalue weighted by atomic mass is 32.1. The van der Waals surface area contributed by atoms with Gasteiger partial charge in [0.05, 0.1) is 18.8 Å². The first-order valence-electron chi connectivity index (χ1n) is 8.17. The molecule has 0 unspecified atom stereocenters. The molecule has 0 aliphatic carbocycles. The van der Waals surface area contributed by atoms with Gasteiger partial charge in [0.1, 0.15) is 5.01 Å². The molecule has 0 bridgehead atoms. The zero-order valence-corrected chi connectivity index (χ0v) is 16.3. The average molecular weight is 371 g/mol. The second kappa shape index (κ2) is 8.27. The number of aryl methyl sites for hydroxylation is 2. The Bertz CT molecular complexity index is 849.